The highest BCUT2D eigenvalue weighted by Crippen LogP contribution is 2.26. The number of rotatable bonds is 7. The van der Waals surface area contributed by atoms with Crippen LogP contribution in [0.25, 0.3) is 0 Å². The van der Waals surface area contributed by atoms with Crippen LogP contribution in [0, 0.1) is 5.82 Å². The molecular weight excluding hydrogens is 255 g/mol. The van der Waals surface area contributed by atoms with E-state index in [0.717, 1.165) is 30.8 Å². The Kier molecular flexibility index (Phi) is 5.80. The largest absolute Gasteiger partial charge is 0.396 e. The number of nitrogens with one attached hydrogen (secondary N) is 1. The molecule has 20 heavy (non-hydrogen) atoms. The van der Waals surface area contributed by atoms with Crippen molar-refractivity contribution in [1.82, 2.24) is 5.32 Å². The van der Waals surface area contributed by atoms with Crippen LogP contribution in [0.5, 0.6) is 0 Å². The Bertz CT molecular complexity index is 419. The second-order valence-corrected chi connectivity index (χ2v) is 5.43. The van der Waals surface area contributed by atoms with Crippen molar-refractivity contribution in [2.75, 3.05) is 24.6 Å². The summed E-state index contributed by atoms with van der Waals surface area (Å²) in [5.74, 6) is -0.138. The normalized spacial score (nSPS) is 16.6. The molecule has 0 aromatic heterocycles. The van der Waals surface area contributed by atoms with Gasteiger partial charge in [-0.1, -0.05) is 13.0 Å². The Morgan fingerprint density at radius 2 is 2.10 bits per heavy atom. The van der Waals surface area contributed by atoms with Gasteiger partial charge in [0.1, 0.15) is 5.82 Å². The van der Waals surface area contributed by atoms with Gasteiger partial charge in [0.2, 0.25) is 0 Å². The molecule has 4 heteroatoms. The first-order chi connectivity index (χ1) is 9.76. The predicted molar refractivity (Wildman–Crippen MR) is 80.5 cm³/mol. The fraction of sp³-hybridized carbons (Fsp3) is 0.625. The minimum absolute atomic E-state index is 0.138. The summed E-state index contributed by atoms with van der Waals surface area (Å²) in [5, 5.41) is 12.4. The molecule has 0 bridgehead atoms. The zero-order valence-electron chi connectivity index (χ0n) is 12.2. The molecule has 1 saturated heterocycles. The molecule has 1 unspecified atom stereocenters. The summed E-state index contributed by atoms with van der Waals surface area (Å²) in [6, 6.07) is 5.57. The Labute approximate surface area is 120 Å². The molecule has 0 radical (unpaired) electrons. The van der Waals surface area contributed by atoms with Gasteiger partial charge >= 0.3 is 0 Å². The van der Waals surface area contributed by atoms with Gasteiger partial charge in [0.15, 0.2) is 0 Å². The van der Waals surface area contributed by atoms with Crippen molar-refractivity contribution in [1.29, 1.82) is 0 Å². The average Bonchev–Trinajstić information content (AvgIpc) is 2.98. The SMILES string of the molecule is CCC(CCO)NCc1c(F)cccc1N1CCCC1. The number of benzene rings is 1. The van der Waals surface area contributed by atoms with Crippen LogP contribution in [0.15, 0.2) is 18.2 Å². The standard InChI is InChI=1S/C16H25FN2O/c1-2-13(8-11-20)18-12-14-15(17)6-5-7-16(14)19-9-3-4-10-19/h5-7,13,18,20H,2-4,8-12H2,1H3. The highest BCUT2D eigenvalue weighted by atomic mass is 19.1. The maximum Gasteiger partial charge on any atom is 0.129 e. The zero-order valence-corrected chi connectivity index (χ0v) is 12.2. The Morgan fingerprint density at radius 1 is 1.35 bits per heavy atom. The van der Waals surface area contributed by atoms with Crippen molar-refractivity contribution in [3.63, 3.8) is 0 Å². The Hall–Kier alpha value is -1.13. The van der Waals surface area contributed by atoms with Crippen LogP contribution in [-0.2, 0) is 6.54 Å². The lowest BCUT2D eigenvalue weighted by atomic mass is 10.1. The third-order valence-corrected chi connectivity index (χ3v) is 4.08. The van der Waals surface area contributed by atoms with Crippen LogP contribution in [0.1, 0.15) is 38.2 Å². The molecule has 3 nitrogen and oxygen atoms in total. The fourth-order valence-corrected chi connectivity index (χ4v) is 2.83. The molecule has 1 aromatic rings. The molecular formula is C16H25FN2O. The molecule has 2 N–H and O–H groups in total. The van der Waals surface area contributed by atoms with E-state index in [1.165, 1.54) is 18.9 Å². The number of hydrogen-bond donors (Lipinski definition) is 2. The first kappa shape index (κ1) is 15.3. The summed E-state index contributed by atoms with van der Waals surface area (Å²) in [5.41, 5.74) is 1.78. The lowest BCUT2D eigenvalue weighted by Gasteiger charge is -2.23. The molecule has 1 atom stereocenters. The summed E-state index contributed by atoms with van der Waals surface area (Å²) in [7, 11) is 0. The van der Waals surface area contributed by atoms with E-state index in [0.29, 0.717) is 13.0 Å². The summed E-state index contributed by atoms with van der Waals surface area (Å²) in [6.07, 6.45) is 4.02. The van der Waals surface area contributed by atoms with Gasteiger partial charge in [-0.2, -0.15) is 0 Å². The monoisotopic (exact) mass is 280 g/mol. The van der Waals surface area contributed by atoms with Gasteiger partial charge in [-0.25, -0.2) is 4.39 Å². The Balaban J connectivity index is 2.09. The third kappa shape index (κ3) is 3.70. The van der Waals surface area contributed by atoms with Gasteiger partial charge in [0.05, 0.1) is 0 Å². The van der Waals surface area contributed by atoms with Crippen LogP contribution in [0.2, 0.25) is 0 Å². The molecule has 0 saturated carbocycles. The van der Waals surface area contributed by atoms with Gasteiger partial charge in [0, 0.05) is 43.5 Å². The van der Waals surface area contributed by atoms with E-state index in [1.807, 2.05) is 6.07 Å². The smallest absolute Gasteiger partial charge is 0.129 e. The number of halogens is 1. The minimum atomic E-state index is -0.138. The van der Waals surface area contributed by atoms with E-state index >= 15 is 0 Å². The van der Waals surface area contributed by atoms with Crippen molar-refractivity contribution < 1.29 is 9.50 Å². The molecule has 1 heterocycles. The quantitative estimate of drug-likeness (QED) is 0.806. The summed E-state index contributed by atoms with van der Waals surface area (Å²) in [6.45, 7) is 4.81. The van der Waals surface area contributed by atoms with Crippen LogP contribution >= 0.6 is 0 Å². The molecule has 0 spiro atoms. The van der Waals surface area contributed by atoms with E-state index in [1.54, 1.807) is 6.07 Å². The summed E-state index contributed by atoms with van der Waals surface area (Å²) in [4.78, 5) is 2.27. The van der Waals surface area contributed by atoms with Gasteiger partial charge in [-0.3, -0.25) is 0 Å². The maximum absolute atomic E-state index is 14.1. The molecule has 112 valence electrons. The van der Waals surface area contributed by atoms with Gasteiger partial charge in [-0.05, 0) is 37.8 Å². The number of aliphatic hydroxyl groups is 1. The lowest BCUT2D eigenvalue weighted by molar-refractivity contribution is 0.261. The van der Waals surface area contributed by atoms with Crippen molar-refractivity contribution >= 4 is 5.69 Å². The van der Waals surface area contributed by atoms with E-state index in [2.05, 4.69) is 17.1 Å². The van der Waals surface area contributed by atoms with Gasteiger partial charge in [0.25, 0.3) is 0 Å². The minimum Gasteiger partial charge on any atom is -0.396 e. The first-order valence-electron chi connectivity index (χ1n) is 7.62. The third-order valence-electron chi connectivity index (χ3n) is 4.08. The Morgan fingerprint density at radius 3 is 2.75 bits per heavy atom. The van der Waals surface area contributed by atoms with Crippen LogP contribution in [-0.4, -0.2) is 30.8 Å². The predicted octanol–water partition coefficient (Wildman–Crippen LogP) is 2.68. The van der Waals surface area contributed by atoms with Crippen molar-refractivity contribution in [3.05, 3.63) is 29.6 Å². The highest BCUT2D eigenvalue weighted by molar-refractivity contribution is 5.54. The number of hydrogen-bond acceptors (Lipinski definition) is 3. The summed E-state index contributed by atoms with van der Waals surface area (Å²) >= 11 is 0. The second kappa shape index (κ2) is 7.60. The lowest BCUT2D eigenvalue weighted by Crippen LogP contribution is -2.30. The molecule has 1 aliphatic heterocycles. The first-order valence-corrected chi connectivity index (χ1v) is 7.62. The van der Waals surface area contributed by atoms with E-state index in [4.69, 9.17) is 5.11 Å². The summed E-state index contributed by atoms with van der Waals surface area (Å²) < 4.78 is 14.1. The second-order valence-electron chi connectivity index (χ2n) is 5.43. The molecule has 0 aliphatic carbocycles. The van der Waals surface area contributed by atoms with E-state index in [-0.39, 0.29) is 18.5 Å². The number of aliphatic hydroxyl groups excluding tert-OH is 1. The molecule has 2 rings (SSSR count). The molecule has 0 amide bonds. The van der Waals surface area contributed by atoms with Gasteiger partial charge in [-0.15, -0.1) is 0 Å². The highest BCUT2D eigenvalue weighted by Gasteiger charge is 2.18. The molecule has 1 fully saturated rings. The van der Waals surface area contributed by atoms with Crippen molar-refractivity contribution in [2.45, 2.75) is 45.2 Å². The maximum atomic E-state index is 14.1. The number of anilines is 1. The van der Waals surface area contributed by atoms with Crippen LogP contribution in [0.4, 0.5) is 10.1 Å². The zero-order chi connectivity index (χ0) is 14.4. The van der Waals surface area contributed by atoms with Crippen LogP contribution in [0.3, 0.4) is 0 Å². The molecule has 1 aliphatic rings. The van der Waals surface area contributed by atoms with E-state index in [9.17, 15) is 4.39 Å². The van der Waals surface area contributed by atoms with Crippen molar-refractivity contribution in [2.24, 2.45) is 0 Å². The number of nitrogens with zero attached hydrogens (tertiary/aromatic N) is 1. The van der Waals surface area contributed by atoms with Crippen molar-refractivity contribution in [3.8, 4) is 0 Å². The van der Waals surface area contributed by atoms with Gasteiger partial charge < -0.3 is 15.3 Å². The van der Waals surface area contributed by atoms with Crippen LogP contribution < -0.4 is 10.2 Å². The average molecular weight is 280 g/mol. The molecule has 1 aromatic carbocycles. The van der Waals surface area contributed by atoms with E-state index < -0.39 is 0 Å². The topological polar surface area (TPSA) is 35.5 Å². The fourth-order valence-electron chi connectivity index (χ4n) is 2.83.